The minimum absolute atomic E-state index is 0.143. The van der Waals surface area contributed by atoms with Crippen LogP contribution in [0.25, 0.3) is 0 Å². The minimum Gasteiger partial charge on any atom is -0.378 e. The standard InChI is InChI=1S/C21H25Cl2N3O2/c1-15(17-5-8-19(22)20(23)13-17)24-21(27)25(2)14-16-3-6-18(7-4-16)26-9-11-28-12-10-26/h3-8,13,15H,9-12,14H2,1-2H3,(H,24,27). The summed E-state index contributed by atoms with van der Waals surface area (Å²) in [6, 6.07) is 13.4. The molecular weight excluding hydrogens is 397 g/mol. The van der Waals surface area contributed by atoms with Gasteiger partial charge in [-0.25, -0.2) is 4.79 Å². The Balaban J connectivity index is 1.55. The van der Waals surface area contributed by atoms with Crippen molar-refractivity contribution in [3.05, 3.63) is 63.6 Å². The van der Waals surface area contributed by atoms with Crippen LogP contribution in [0.3, 0.4) is 0 Å². The fourth-order valence-corrected chi connectivity index (χ4v) is 3.45. The van der Waals surface area contributed by atoms with E-state index in [-0.39, 0.29) is 12.1 Å². The molecule has 0 bridgehead atoms. The van der Waals surface area contributed by atoms with Gasteiger partial charge in [0.25, 0.3) is 0 Å². The van der Waals surface area contributed by atoms with Gasteiger partial charge in [-0.3, -0.25) is 0 Å². The Morgan fingerprint density at radius 1 is 1.14 bits per heavy atom. The van der Waals surface area contributed by atoms with E-state index in [9.17, 15) is 4.79 Å². The van der Waals surface area contributed by atoms with Gasteiger partial charge in [-0.15, -0.1) is 0 Å². The molecule has 7 heteroatoms. The zero-order valence-corrected chi connectivity index (χ0v) is 17.6. The number of morpholine rings is 1. The van der Waals surface area contributed by atoms with Gasteiger partial charge >= 0.3 is 6.03 Å². The molecular formula is C21H25Cl2N3O2. The summed E-state index contributed by atoms with van der Waals surface area (Å²) in [5, 5.41) is 3.97. The number of benzene rings is 2. The summed E-state index contributed by atoms with van der Waals surface area (Å²) in [7, 11) is 1.78. The van der Waals surface area contributed by atoms with Crippen molar-refractivity contribution < 1.29 is 9.53 Å². The summed E-state index contributed by atoms with van der Waals surface area (Å²) in [5.74, 6) is 0. The topological polar surface area (TPSA) is 44.8 Å². The maximum Gasteiger partial charge on any atom is 0.317 e. The van der Waals surface area contributed by atoms with Gasteiger partial charge < -0.3 is 19.9 Å². The van der Waals surface area contributed by atoms with Crippen molar-refractivity contribution in [3.63, 3.8) is 0 Å². The van der Waals surface area contributed by atoms with Crippen molar-refractivity contribution in [1.82, 2.24) is 10.2 Å². The number of anilines is 1. The van der Waals surface area contributed by atoms with E-state index in [4.69, 9.17) is 27.9 Å². The van der Waals surface area contributed by atoms with Gasteiger partial charge in [-0.05, 0) is 42.3 Å². The van der Waals surface area contributed by atoms with Crippen molar-refractivity contribution >= 4 is 34.9 Å². The molecule has 1 fully saturated rings. The fraction of sp³-hybridized carbons (Fsp3) is 0.381. The molecule has 2 amide bonds. The largest absolute Gasteiger partial charge is 0.378 e. The molecule has 1 heterocycles. The Labute approximate surface area is 176 Å². The number of nitrogens with zero attached hydrogens (tertiary/aromatic N) is 2. The third kappa shape index (κ3) is 5.31. The molecule has 2 aromatic carbocycles. The van der Waals surface area contributed by atoms with E-state index in [0.29, 0.717) is 16.6 Å². The smallest absolute Gasteiger partial charge is 0.317 e. The molecule has 28 heavy (non-hydrogen) atoms. The lowest BCUT2D eigenvalue weighted by Crippen LogP contribution is -2.38. The van der Waals surface area contributed by atoms with E-state index in [2.05, 4.69) is 34.5 Å². The van der Waals surface area contributed by atoms with Gasteiger partial charge in [0.05, 0.1) is 29.3 Å². The first-order chi connectivity index (χ1) is 13.4. The predicted octanol–water partition coefficient (Wildman–Crippen LogP) is 4.73. The molecule has 1 aliphatic rings. The monoisotopic (exact) mass is 421 g/mol. The zero-order chi connectivity index (χ0) is 20.1. The average Bonchev–Trinajstić information content (AvgIpc) is 2.71. The minimum atomic E-state index is -0.173. The van der Waals surface area contributed by atoms with Crippen LogP contribution >= 0.6 is 23.2 Å². The molecule has 0 spiro atoms. The van der Waals surface area contributed by atoms with Crippen LogP contribution in [0.2, 0.25) is 10.0 Å². The molecule has 0 aromatic heterocycles. The number of hydrogen-bond acceptors (Lipinski definition) is 3. The summed E-state index contributed by atoms with van der Waals surface area (Å²) in [6.45, 7) is 5.80. The fourth-order valence-electron chi connectivity index (χ4n) is 3.14. The second kappa shape index (κ2) is 9.50. The first-order valence-corrected chi connectivity index (χ1v) is 10.1. The Bertz CT molecular complexity index is 808. The number of carbonyl (C=O) groups is 1. The van der Waals surface area contributed by atoms with Crippen LogP contribution in [-0.2, 0) is 11.3 Å². The van der Waals surface area contributed by atoms with Crippen molar-refractivity contribution in [1.29, 1.82) is 0 Å². The Morgan fingerprint density at radius 3 is 2.46 bits per heavy atom. The van der Waals surface area contributed by atoms with Crippen LogP contribution < -0.4 is 10.2 Å². The molecule has 3 rings (SSSR count). The SMILES string of the molecule is CC(NC(=O)N(C)Cc1ccc(N2CCOCC2)cc1)c1ccc(Cl)c(Cl)c1. The normalized spacial score (nSPS) is 15.2. The van der Waals surface area contributed by atoms with Crippen LogP contribution in [0.1, 0.15) is 24.1 Å². The molecule has 0 aliphatic carbocycles. The van der Waals surface area contributed by atoms with E-state index in [1.165, 1.54) is 5.69 Å². The molecule has 0 radical (unpaired) electrons. The van der Waals surface area contributed by atoms with Crippen molar-refractivity contribution in [3.8, 4) is 0 Å². The van der Waals surface area contributed by atoms with Gasteiger partial charge in [0.1, 0.15) is 0 Å². The van der Waals surface area contributed by atoms with Gasteiger partial charge in [0.2, 0.25) is 0 Å². The van der Waals surface area contributed by atoms with Crippen molar-refractivity contribution in [2.24, 2.45) is 0 Å². The van der Waals surface area contributed by atoms with Gasteiger partial charge in [-0.1, -0.05) is 41.4 Å². The molecule has 0 saturated carbocycles. The highest BCUT2D eigenvalue weighted by Crippen LogP contribution is 2.25. The molecule has 1 saturated heterocycles. The number of amides is 2. The van der Waals surface area contributed by atoms with E-state index < -0.39 is 0 Å². The highest BCUT2D eigenvalue weighted by molar-refractivity contribution is 6.42. The average molecular weight is 422 g/mol. The predicted molar refractivity (Wildman–Crippen MR) is 114 cm³/mol. The van der Waals surface area contributed by atoms with Gasteiger partial charge in [0, 0.05) is 32.4 Å². The Kier molecular flexibility index (Phi) is 7.05. The van der Waals surface area contributed by atoms with E-state index in [0.717, 1.165) is 37.4 Å². The number of carbonyl (C=O) groups excluding carboxylic acids is 1. The summed E-state index contributed by atoms with van der Waals surface area (Å²) in [5.41, 5.74) is 3.18. The maximum atomic E-state index is 12.5. The van der Waals surface area contributed by atoms with Crippen LogP contribution in [0.5, 0.6) is 0 Å². The van der Waals surface area contributed by atoms with Gasteiger partial charge in [0.15, 0.2) is 0 Å². The quantitative estimate of drug-likeness (QED) is 0.758. The molecule has 150 valence electrons. The highest BCUT2D eigenvalue weighted by atomic mass is 35.5. The number of urea groups is 1. The lowest BCUT2D eigenvalue weighted by atomic mass is 10.1. The maximum absolute atomic E-state index is 12.5. The Hall–Kier alpha value is -1.95. The van der Waals surface area contributed by atoms with E-state index in [1.807, 2.05) is 13.0 Å². The van der Waals surface area contributed by atoms with E-state index in [1.54, 1.807) is 24.1 Å². The molecule has 1 unspecified atom stereocenters. The zero-order valence-electron chi connectivity index (χ0n) is 16.1. The number of nitrogens with one attached hydrogen (secondary N) is 1. The number of halogens is 2. The summed E-state index contributed by atoms with van der Waals surface area (Å²) in [6.07, 6.45) is 0. The molecule has 1 aliphatic heterocycles. The summed E-state index contributed by atoms with van der Waals surface area (Å²) in [4.78, 5) is 16.5. The lowest BCUT2D eigenvalue weighted by molar-refractivity contribution is 0.122. The Morgan fingerprint density at radius 2 is 1.82 bits per heavy atom. The molecule has 2 aromatic rings. The van der Waals surface area contributed by atoms with E-state index >= 15 is 0 Å². The second-order valence-corrected chi connectivity index (χ2v) is 7.78. The number of rotatable bonds is 5. The van der Waals surface area contributed by atoms with Crippen molar-refractivity contribution in [2.45, 2.75) is 19.5 Å². The third-order valence-electron chi connectivity index (χ3n) is 4.86. The first kappa shape index (κ1) is 20.8. The van der Waals surface area contributed by atoms with Crippen LogP contribution in [0.4, 0.5) is 10.5 Å². The van der Waals surface area contributed by atoms with Crippen LogP contribution in [-0.4, -0.2) is 44.3 Å². The molecule has 1 atom stereocenters. The second-order valence-electron chi connectivity index (χ2n) is 6.97. The summed E-state index contributed by atoms with van der Waals surface area (Å²) >= 11 is 12.0. The van der Waals surface area contributed by atoms with Gasteiger partial charge in [-0.2, -0.15) is 0 Å². The number of ether oxygens (including phenoxy) is 1. The highest BCUT2D eigenvalue weighted by Gasteiger charge is 2.15. The number of hydrogen-bond donors (Lipinski definition) is 1. The van der Waals surface area contributed by atoms with Crippen molar-refractivity contribution in [2.75, 3.05) is 38.3 Å². The van der Waals surface area contributed by atoms with Crippen LogP contribution in [0.15, 0.2) is 42.5 Å². The van der Waals surface area contributed by atoms with Crippen LogP contribution in [0, 0.1) is 0 Å². The molecule has 5 nitrogen and oxygen atoms in total. The molecule has 1 N–H and O–H groups in total. The lowest BCUT2D eigenvalue weighted by Gasteiger charge is -2.29. The first-order valence-electron chi connectivity index (χ1n) is 9.32. The third-order valence-corrected chi connectivity index (χ3v) is 5.60. The summed E-state index contributed by atoms with van der Waals surface area (Å²) < 4.78 is 5.39.